The average Bonchev–Trinajstić information content (AvgIpc) is 3.38. The Morgan fingerprint density at radius 3 is 1.80 bits per heavy atom. The summed E-state index contributed by atoms with van der Waals surface area (Å²) in [5, 5.41) is 5.43. The van der Waals surface area contributed by atoms with E-state index in [1.54, 1.807) is 0 Å². The first-order valence-electron chi connectivity index (χ1n) is 17.8. The van der Waals surface area contributed by atoms with Crippen molar-refractivity contribution in [1.82, 2.24) is 0 Å². The lowest BCUT2D eigenvalue weighted by atomic mass is 9.82. The van der Waals surface area contributed by atoms with Gasteiger partial charge in [0, 0.05) is 22.2 Å². The summed E-state index contributed by atoms with van der Waals surface area (Å²) >= 11 is 0. The molecule has 0 amide bonds. The molecule has 0 saturated carbocycles. The van der Waals surface area contributed by atoms with E-state index in [1.807, 2.05) is 0 Å². The van der Waals surface area contributed by atoms with Crippen molar-refractivity contribution in [2.45, 2.75) is 32.1 Å². The van der Waals surface area contributed by atoms with Gasteiger partial charge in [-0.1, -0.05) is 147 Å². The van der Waals surface area contributed by atoms with Crippen LogP contribution in [0.25, 0.3) is 43.8 Å². The molecule has 0 aliphatic heterocycles. The molecule has 1 heteroatoms. The number of benzene rings is 8. The molecule has 0 radical (unpaired) electrons. The molecular formula is C49H37N. The summed E-state index contributed by atoms with van der Waals surface area (Å²) in [6.45, 7) is 4.74. The number of rotatable bonds is 4. The van der Waals surface area contributed by atoms with Crippen molar-refractivity contribution in [1.29, 1.82) is 0 Å². The van der Waals surface area contributed by atoms with Crippen molar-refractivity contribution < 1.29 is 0 Å². The highest BCUT2D eigenvalue weighted by Gasteiger charge is 2.36. The molecule has 238 valence electrons. The largest absolute Gasteiger partial charge is 0.310 e. The van der Waals surface area contributed by atoms with Gasteiger partial charge in [0.15, 0.2) is 0 Å². The van der Waals surface area contributed by atoms with E-state index in [0.29, 0.717) is 0 Å². The molecule has 0 N–H and O–H groups in total. The molecule has 1 nitrogen and oxygen atoms in total. The third-order valence-electron chi connectivity index (χ3n) is 11.3. The van der Waals surface area contributed by atoms with Crippen LogP contribution in [-0.2, 0) is 18.3 Å². The summed E-state index contributed by atoms with van der Waals surface area (Å²) in [5.41, 5.74) is 17.0. The molecule has 0 saturated heterocycles. The van der Waals surface area contributed by atoms with Crippen LogP contribution in [-0.4, -0.2) is 0 Å². The van der Waals surface area contributed by atoms with Gasteiger partial charge in [-0.3, -0.25) is 0 Å². The maximum Gasteiger partial charge on any atom is 0.0540 e. The van der Waals surface area contributed by atoms with Gasteiger partial charge in [0.1, 0.15) is 0 Å². The van der Waals surface area contributed by atoms with Crippen LogP contribution in [0.3, 0.4) is 0 Å². The van der Waals surface area contributed by atoms with Crippen molar-refractivity contribution in [3.63, 3.8) is 0 Å². The van der Waals surface area contributed by atoms with Gasteiger partial charge in [-0.05, 0) is 115 Å². The quantitative estimate of drug-likeness (QED) is 0.185. The standard InChI is InChI=1S/C49H37N/c1-49(2)44-20-7-6-18-41(44)42-27-26-40(31-45(42)49)50(39-24-21-33(22-25-39)32-11-4-3-5-12-32)46-28-23-38-30-36-16-9-14-34-13-8-15-35(47(34)36)29-37-17-10-19-43(46)48(37)38/h3-28,31H,29-30H2,1-2H3. The van der Waals surface area contributed by atoms with E-state index >= 15 is 0 Å². The van der Waals surface area contributed by atoms with E-state index in [0.717, 1.165) is 18.5 Å². The number of fused-ring (bicyclic) bond motifs is 3. The Kier molecular flexibility index (Phi) is 6.42. The minimum absolute atomic E-state index is 0.0880. The summed E-state index contributed by atoms with van der Waals surface area (Å²) in [5.74, 6) is 0. The second kappa shape index (κ2) is 11.1. The number of hydrogen-bond acceptors (Lipinski definition) is 1. The van der Waals surface area contributed by atoms with Crippen LogP contribution in [0, 0.1) is 0 Å². The topological polar surface area (TPSA) is 3.24 Å². The van der Waals surface area contributed by atoms with Gasteiger partial charge in [-0.25, -0.2) is 0 Å². The molecule has 50 heavy (non-hydrogen) atoms. The summed E-state index contributed by atoms with van der Waals surface area (Å²) < 4.78 is 0. The van der Waals surface area contributed by atoms with Gasteiger partial charge in [0.25, 0.3) is 0 Å². The smallest absolute Gasteiger partial charge is 0.0540 e. The normalized spacial score (nSPS) is 13.8. The predicted octanol–water partition coefficient (Wildman–Crippen LogP) is 12.9. The minimum Gasteiger partial charge on any atom is -0.310 e. The zero-order valence-electron chi connectivity index (χ0n) is 28.4. The van der Waals surface area contributed by atoms with Gasteiger partial charge in [-0.2, -0.15) is 0 Å². The van der Waals surface area contributed by atoms with Crippen molar-refractivity contribution in [3.8, 4) is 22.3 Å². The molecule has 0 atom stereocenters. The number of nitrogens with zero attached hydrogens (tertiary/aromatic N) is 1. The molecule has 2 aliphatic carbocycles. The highest BCUT2D eigenvalue weighted by atomic mass is 15.1. The van der Waals surface area contributed by atoms with E-state index in [1.165, 1.54) is 88.6 Å². The average molecular weight is 640 g/mol. The fourth-order valence-electron chi connectivity index (χ4n) is 8.93. The third kappa shape index (κ3) is 4.40. The first-order chi connectivity index (χ1) is 24.5. The number of hydrogen-bond donors (Lipinski definition) is 0. The zero-order valence-corrected chi connectivity index (χ0v) is 28.4. The maximum absolute atomic E-state index is 2.49. The SMILES string of the molecule is CC1(C)c2ccccc2-c2ccc(N(c3ccc(-c4ccccc4)cc3)c3ccc4c5c(cccc35)Cc3cccc5cccc(c35)C4)cc21. The van der Waals surface area contributed by atoms with Gasteiger partial charge in [-0.15, -0.1) is 0 Å². The first-order valence-corrected chi connectivity index (χ1v) is 17.8. The lowest BCUT2D eigenvalue weighted by Crippen LogP contribution is -2.17. The first kappa shape index (κ1) is 29.0. The van der Waals surface area contributed by atoms with Crippen molar-refractivity contribution in [2.75, 3.05) is 4.90 Å². The minimum atomic E-state index is -0.0880. The van der Waals surface area contributed by atoms with Crippen LogP contribution in [0.4, 0.5) is 17.1 Å². The molecule has 0 heterocycles. The van der Waals surface area contributed by atoms with Crippen LogP contribution in [0.1, 0.15) is 47.2 Å². The fourth-order valence-corrected chi connectivity index (χ4v) is 8.93. The molecule has 0 aromatic heterocycles. The lowest BCUT2D eigenvalue weighted by molar-refractivity contribution is 0.660. The van der Waals surface area contributed by atoms with Gasteiger partial charge < -0.3 is 4.90 Å². The summed E-state index contributed by atoms with van der Waals surface area (Å²) in [6.07, 6.45) is 1.83. The molecule has 0 fully saturated rings. The maximum atomic E-state index is 2.49. The second-order valence-corrected chi connectivity index (χ2v) is 14.5. The van der Waals surface area contributed by atoms with Crippen LogP contribution < -0.4 is 4.90 Å². The Labute approximate surface area is 294 Å². The Bertz CT molecular complexity index is 2560. The van der Waals surface area contributed by atoms with E-state index in [-0.39, 0.29) is 5.41 Å². The molecule has 8 aromatic rings. The van der Waals surface area contributed by atoms with Crippen molar-refractivity contribution >= 4 is 38.6 Å². The highest BCUT2D eigenvalue weighted by molar-refractivity contribution is 6.04. The monoisotopic (exact) mass is 639 g/mol. The zero-order chi connectivity index (χ0) is 33.4. The predicted molar refractivity (Wildman–Crippen MR) is 211 cm³/mol. The highest BCUT2D eigenvalue weighted by Crippen LogP contribution is 2.51. The van der Waals surface area contributed by atoms with E-state index in [4.69, 9.17) is 0 Å². The summed E-state index contributed by atoms with van der Waals surface area (Å²) in [4.78, 5) is 2.49. The lowest BCUT2D eigenvalue weighted by Gasteiger charge is -2.30. The molecule has 0 unspecified atom stereocenters. The van der Waals surface area contributed by atoms with E-state index < -0.39 is 0 Å². The number of anilines is 3. The fraction of sp³-hybridized carbons (Fsp3) is 0.102. The molecule has 0 bridgehead atoms. The molecule has 0 spiro atoms. The van der Waals surface area contributed by atoms with Crippen LogP contribution in [0.15, 0.2) is 164 Å². The van der Waals surface area contributed by atoms with Crippen molar-refractivity contribution in [2.24, 2.45) is 0 Å². The van der Waals surface area contributed by atoms with Crippen LogP contribution >= 0.6 is 0 Å². The Balaban J connectivity index is 1.18. The van der Waals surface area contributed by atoms with Crippen LogP contribution in [0.2, 0.25) is 0 Å². The Morgan fingerprint density at radius 1 is 0.440 bits per heavy atom. The summed E-state index contributed by atoms with van der Waals surface area (Å²) in [6, 6.07) is 61.1. The molecule has 8 aromatic carbocycles. The summed E-state index contributed by atoms with van der Waals surface area (Å²) in [7, 11) is 0. The second-order valence-electron chi connectivity index (χ2n) is 14.5. The molecular weight excluding hydrogens is 603 g/mol. The third-order valence-corrected chi connectivity index (χ3v) is 11.3. The molecule has 2 aliphatic rings. The Hall–Kier alpha value is -5.92. The molecule has 10 rings (SSSR count). The Morgan fingerprint density at radius 2 is 1.04 bits per heavy atom. The van der Waals surface area contributed by atoms with Gasteiger partial charge in [0.05, 0.1) is 5.69 Å². The van der Waals surface area contributed by atoms with Gasteiger partial charge >= 0.3 is 0 Å². The van der Waals surface area contributed by atoms with Crippen molar-refractivity contribution in [3.05, 3.63) is 197 Å². The van der Waals surface area contributed by atoms with Crippen LogP contribution in [0.5, 0.6) is 0 Å². The van der Waals surface area contributed by atoms with E-state index in [2.05, 4.69) is 183 Å². The van der Waals surface area contributed by atoms with Gasteiger partial charge in [0.2, 0.25) is 0 Å². The van der Waals surface area contributed by atoms with E-state index in [9.17, 15) is 0 Å².